The van der Waals surface area contributed by atoms with Crippen molar-refractivity contribution < 1.29 is 24.5 Å². The van der Waals surface area contributed by atoms with E-state index in [0.717, 1.165) is 83.5 Å². The summed E-state index contributed by atoms with van der Waals surface area (Å²) in [6.45, 7) is 4.88. The molecule has 0 rings (SSSR count). The molecule has 0 aromatic carbocycles. The van der Waals surface area contributed by atoms with Crippen molar-refractivity contribution in [1.82, 2.24) is 5.32 Å². The van der Waals surface area contributed by atoms with E-state index < -0.39 is 12.1 Å². The molecule has 0 aromatic rings. The average molecular weight is 858 g/mol. The van der Waals surface area contributed by atoms with E-state index in [1.807, 2.05) is 0 Å². The van der Waals surface area contributed by atoms with Crippen LogP contribution in [-0.4, -0.2) is 47.4 Å². The van der Waals surface area contributed by atoms with Crippen molar-refractivity contribution >= 4 is 11.9 Å². The van der Waals surface area contributed by atoms with Gasteiger partial charge in [-0.2, -0.15) is 0 Å². The topological polar surface area (TPSA) is 95.9 Å². The van der Waals surface area contributed by atoms with Crippen molar-refractivity contribution in [2.24, 2.45) is 0 Å². The Morgan fingerprint density at radius 3 is 1.30 bits per heavy atom. The number of hydrogen-bond donors (Lipinski definition) is 3. The van der Waals surface area contributed by atoms with Crippen molar-refractivity contribution in [2.75, 3.05) is 13.2 Å². The maximum Gasteiger partial charge on any atom is 0.305 e. The molecule has 0 aliphatic rings. The average Bonchev–Trinajstić information content (AvgIpc) is 3.26. The van der Waals surface area contributed by atoms with Gasteiger partial charge in [0.1, 0.15) is 0 Å². The van der Waals surface area contributed by atoms with Crippen LogP contribution in [-0.2, 0) is 14.3 Å². The van der Waals surface area contributed by atoms with Crippen molar-refractivity contribution in [3.63, 3.8) is 0 Å². The number of aliphatic hydroxyl groups is 2. The van der Waals surface area contributed by atoms with E-state index in [0.29, 0.717) is 25.9 Å². The van der Waals surface area contributed by atoms with Gasteiger partial charge in [-0.1, -0.05) is 217 Å². The number of carbonyl (C=O) groups excluding carboxylic acids is 2. The number of unbranched alkanes of at least 4 members (excludes halogenated alkanes) is 32. The Morgan fingerprint density at radius 2 is 0.820 bits per heavy atom. The first-order valence-corrected chi connectivity index (χ1v) is 26.7. The number of esters is 1. The SMILES string of the molecule is CCCCC/C=C\C/C=C\CCCCCCCC(=O)OCCCCCC/C=C\CCCCCCCCCC(=O)NC(CO)C(O)CCCCCCCCCCCCCCCC. The zero-order chi connectivity index (χ0) is 44.4. The van der Waals surface area contributed by atoms with Crippen LogP contribution in [0.1, 0.15) is 277 Å². The molecule has 6 heteroatoms. The summed E-state index contributed by atoms with van der Waals surface area (Å²) in [5.74, 6) is -0.0755. The highest BCUT2D eigenvalue weighted by Crippen LogP contribution is 2.16. The zero-order valence-electron chi connectivity index (χ0n) is 40.6. The standard InChI is InChI=1S/C55H103NO5/c1-3-5-7-9-11-13-15-17-20-25-29-33-37-41-45-49-55(60)61-50-46-42-38-34-30-26-22-19-21-24-28-32-36-40-44-48-54(59)56-52(51-57)53(58)47-43-39-35-31-27-23-18-16-14-12-10-8-6-4-2/h11,13,17,20,22,26,52-53,57-58H,3-10,12,14-16,18-19,21,23-25,27-51H2,1-2H3,(H,56,59)/b13-11-,20-17-,26-22-. The number of hydrogen-bond acceptors (Lipinski definition) is 5. The van der Waals surface area contributed by atoms with Crippen LogP contribution in [0.15, 0.2) is 36.5 Å². The number of rotatable bonds is 49. The van der Waals surface area contributed by atoms with Gasteiger partial charge >= 0.3 is 5.97 Å². The largest absolute Gasteiger partial charge is 0.466 e. The molecule has 61 heavy (non-hydrogen) atoms. The fraction of sp³-hybridized carbons (Fsp3) is 0.855. The minimum absolute atomic E-state index is 0.0244. The lowest BCUT2D eigenvalue weighted by Gasteiger charge is -2.22. The molecule has 0 fully saturated rings. The van der Waals surface area contributed by atoms with Crippen LogP contribution in [0, 0.1) is 0 Å². The van der Waals surface area contributed by atoms with Crippen LogP contribution in [0.25, 0.3) is 0 Å². The third-order valence-corrected chi connectivity index (χ3v) is 12.2. The van der Waals surface area contributed by atoms with E-state index in [1.165, 1.54) is 161 Å². The van der Waals surface area contributed by atoms with Gasteiger partial charge in [0.15, 0.2) is 0 Å². The Hall–Kier alpha value is -1.92. The number of carbonyl (C=O) groups is 2. The second-order valence-electron chi connectivity index (χ2n) is 18.2. The van der Waals surface area contributed by atoms with Gasteiger partial charge in [0, 0.05) is 12.8 Å². The van der Waals surface area contributed by atoms with Gasteiger partial charge in [-0.25, -0.2) is 0 Å². The van der Waals surface area contributed by atoms with Crippen LogP contribution in [0.3, 0.4) is 0 Å². The molecular weight excluding hydrogens is 755 g/mol. The molecule has 0 saturated carbocycles. The Labute approximate surface area is 379 Å². The van der Waals surface area contributed by atoms with Gasteiger partial charge < -0.3 is 20.3 Å². The zero-order valence-corrected chi connectivity index (χ0v) is 40.6. The smallest absolute Gasteiger partial charge is 0.305 e. The molecule has 0 aromatic heterocycles. The Bertz CT molecular complexity index is 993. The molecule has 2 unspecified atom stereocenters. The lowest BCUT2D eigenvalue weighted by atomic mass is 10.0. The molecule has 0 saturated heterocycles. The molecule has 0 spiro atoms. The van der Waals surface area contributed by atoms with Crippen molar-refractivity contribution in [1.29, 1.82) is 0 Å². The minimum Gasteiger partial charge on any atom is -0.466 e. The summed E-state index contributed by atoms with van der Waals surface area (Å²) < 4.78 is 5.45. The first-order valence-electron chi connectivity index (χ1n) is 26.7. The Kier molecular flexibility index (Phi) is 49.1. The lowest BCUT2D eigenvalue weighted by molar-refractivity contribution is -0.143. The van der Waals surface area contributed by atoms with Crippen LogP contribution >= 0.6 is 0 Å². The number of aliphatic hydroxyl groups excluding tert-OH is 2. The van der Waals surface area contributed by atoms with Crippen LogP contribution < -0.4 is 5.32 Å². The van der Waals surface area contributed by atoms with Crippen LogP contribution in [0.5, 0.6) is 0 Å². The first-order chi connectivity index (χ1) is 30.0. The van der Waals surface area contributed by atoms with Gasteiger partial charge in [0.25, 0.3) is 0 Å². The summed E-state index contributed by atoms with van der Waals surface area (Å²) in [5.41, 5.74) is 0. The molecule has 2 atom stereocenters. The summed E-state index contributed by atoms with van der Waals surface area (Å²) in [7, 11) is 0. The normalized spacial score (nSPS) is 12.9. The van der Waals surface area contributed by atoms with E-state index in [1.54, 1.807) is 0 Å². The first kappa shape index (κ1) is 59.1. The number of nitrogens with one attached hydrogen (secondary N) is 1. The molecule has 0 radical (unpaired) electrons. The predicted octanol–water partition coefficient (Wildman–Crippen LogP) is 16.1. The Morgan fingerprint density at radius 1 is 0.459 bits per heavy atom. The summed E-state index contributed by atoms with van der Waals surface area (Å²) in [4.78, 5) is 24.5. The van der Waals surface area contributed by atoms with Crippen LogP contribution in [0.4, 0.5) is 0 Å². The summed E-state index contributed by atoms with van der Waals surface area (Å²) in [6.07, 6.45) is 61.1. The predicted molar refractivity (Wildman–Crippen MR) is 264 cm³/mol. The number of ether oxygens (including phenoxy) is 1. The highest BCUT2D eigenvalue weighted by atomic mass is 16.5. The lowest BCUT2D eigenvalue weighted by Crippen LogP contribution is -2.45. The number of allylic oxidation sites excluding steroid dienone is 6. The molecule has 0 bridgehead atoms. The fourth-order valence-electron chi connectivity index (χ4n) is 8.02. The molecule has 358 valence electrons. The van der Waals surface area contributed by atoms with Crippen molar-refractivity contribution in [2.45, 2.75) is 289 Å². The van der Waals surface area contributed by atoms with Gasteiger partial charge in [0.2, 0.25) is 5.91 Å². The molecule has 3 N–H and O–H groups in total. The third-order valence-electron chi connectivity index (χ3n) is 12.2. The summed E-state index contributed by atoms with van der Waals surface area (Å²) in [5, 5.41) is 23.2. The van der Waals surface area contributed by atoms with Gasteiger partial charge in [-0.15, -0.1) is 0 Å². The molecule has 6 nitrogen and oxygen atoms in total. The monoisotopic (exact) mass is 858 g/mol. The molecule has 0 aliphatic carbocycles. The number of amides is 1. The van der Waals surface area contributed by atoms with Gasteiger partial charge in [0.05, 0.1) is 25.4 Å². The highest BCUT2D eigenvalue weighted by Gasteiger charge is 2.20. The van der Waals surface area contributed by atoms with Gasteiger partial charge in [-0.05, 0) is 83.5 Å². The quantitative estimate of drug-likeness (QED) is 0.0322. The van der Waals surface area contributed by atoms with Crippen molar-refractivity contribution in [3.8, 4) is 0 Å². The van der Waals surface area contributed by atoms with E-state index in [9.17, 15) is 19.8 Å². The molecule has 0 aliphatic heterocycles. The van der Waals surface area contributed by atoms with E-state index >= 15 is 0 Å². The highest BCUT2D eigenvalue weighted by molar-refractivity contribution is 5.76. The van der Waals surface area contributed by atoms with E-state index in [2.05, 4.69) is 55.6 Å². The molecule has 1 amide bonds. The maximum atomic E-state index is 12.4. The van der Waals surface area contributed by atoms with E-state index in [4.69, 9.17) is 4.74 Å². The van der Waals surface area contributed by atoms with E-state index in [-0.39, 0.29) is 18.5 Å². The molecular formula is C55H103NO5. The third kappa shape index (κ3) is 47.4. The van der Waals surface area contributed by atoms with Crippen molar-refractivity contribution in [3.05, 3.63) is 36.5 Å². The second kappa shape index (κ2) is 50.7. The minimum atomic E-state index is -0.674. The molecule has 0 heterocycles. The maximum absolute atomic E-state index is 12.4. The summed E-state index contributed by atoms with van der Waals surface area (Å²) in [6, 6.07) is -0.553. The Balaban J connectivity index is 3.49. The fourth-order valence-corrected chi connectivity index (χ4v) is 8.02. The second-order valence-corrected chi connectivity index (χ2v) is 18.2. The summed E-state index contributed by atoms with van der Waals surface area (Å²) >= 11 is 0. The van der Waals surface area contributed by atoms with Crippen LogP contribution in [0.2, 0.25) is 0 Å². The van der Waals surface area contributed by atoms with Gasteiger partial charge in [-0.3, -0.25) is 9.59 Å².